The van der Waals surface area contributed by atoms with E-state index < -0.39 is 17.0 Å². The van der Waals surface area contributed by atoms with E-state index >= 15 is 0 Å². The molecule has 0 saturated heterocycles. The average molecular weight is 347 g/mol. The van der Waals surface area contributed by atoms with Crippen LogP contribution >= 0.6 is 18.6 Å². The topological polar surface area (TPSA) is 0 Å². The maximum absolute atomic E-state index is 4.89. The quantitative estimate of drug-likeness (QED) is 0.437. The van der Waals surface area contributed by atoms with Crippen molar-refractivity contribution in [2.45, 2.75) is 47.5 Å². The van der Waals surface area contributed by atoms with Crippen molar-refractivity contribution < 1.29 is 17.0 Å². The summed E-state index contributed by atoms with van der Waals surface area (Å²) >= 11 is -0.556. The number of hydrogen-bond acceptors (Lipinski definition) is 0. The molecule has 0 aliphatic rings. The van der Waals surface area contributed by atoms with Crippen molar-refractivity contribution in [3.8, 4) is 0 Å². The summed E-state index contributed by atoms with van der Waals surface area (Å²) in [6.45, 7) is 10.9. The van der Waals surface area contributed by atoms with Gasteiger partial charge in [-0.25, -0.2) is 12.1 Å². The summed E-state index contributed by atoms with van der Waals surface area (Å²) in [5, 5.41) is 0. The van der Waals surface area contributed by atoms with Gasteiger partial charge in [-0.15, -0.1) is 0 Å². The van der Waals surface area contributed by atoms with Gasteiger partial charge in [-0.05, 0) is 0 Å². The van der Waals surface area contributed by atoms with Gasteiger partial charge >= 0.3 is 35.6 Å². The molecule has 0 bridgehead atoms. The number of rotatable bonds is 2. The fourth-order valence-electron chi connectivity index (χ4n) is 2.00. The zero-order valence-corrected chi connectivity index (χ0v) is 16.1. The third kappa shape index (κ3) is 7.69. The van der Waals surface area contributed by atoms with Crippen LogP contribution in [0.15, 0.2) is 30.3 Å². The Kier molecular flexibility index (Phi) is 11.6. The van der Waals surface area contributed by atoms with Gasteiger partial charge in [0, 0.05) is 0 Å². The Morgan fingerprint density at radius 3 is 1.85 bits per heavy atom. The van der Waals surface area contributed by atoms with Gasteiger partial charge in [0.25, 0.3) is 0 Å². The summed E-state index contributed by atoms with van der Waals surface area (Å²) in [4.78, 5) is 0. The standard InChI is InChI=1S/C9H13.C8H11.2ClH.Ti/c1-6-5-7(2)9(4)8(6)3;1-2-5-8-6-3-4-7-8;;;/h5H,1-4H3;3-4,6-7H,2,5H2,1H3;2*1H;/q2*-1;;;+2/p-2. The second-order valence-corrected chi connectivity index (χ2v) is 7.45. The summed E-state index contributed by atoms with van der Waals surface area (Å²) < 4.78 is 0. The first-order valence-electron chi connectivity index (χ1n) is 6.84. The Balaban J connectivity index is 0.000000304. The molecular formula is C17H24Cl2Ti-2. The molecule has 0 nitrogen and oxygen atoms in total. The average Bonchev–Trinajstić information content (AvgIpc) is 2.98. The molecule has 0 fully saturated rings. The van der Waals surface area contributed by atoms with E-state index in [1.165, 1.54) is 40.7 Å². The molecule has 0 aliphatic heterocycles. The van der Waals surface area contributed by atoms with Crippen LogP contribution in [0.4, 0.5) is 0 Å². The van der Waals surface area contributed by atoms with Crippen LogP contribution in [0, 0.1) is 27.7 Å². The SMILES string of the molecule is CCC[c-]1cccc1.Cc1c[c-](C)c(C)c1C.[Cl][Ti][Cl]. The van der Waals surface area contributed by atoms with Crippen molar-refractivity contribution in [2.24, 2.45) is 0 Å². The first-order chi connectivity index (χ1) is 9.47. The molecule has 0 saturated carbocycles. The minimum atomic E-state index is -0.556. The molecule has 0 unspecified atom stereocenters. The Labute approximate surface area is 140 Å². The Bertz CT molecular complexity index is 433. The molecule has 0 atom stereocenters. The van der Waals surface area contributed by atoms with Gasteiger partial charge in [0.15, 0.2) is 0 Å². The first kappa shape index (κ1) is 20.0. The van der Waals surface area contributed by atoms with E-state index in [0.29, 0.717) is 0 Å². The van der Waals surface area contributed by atoms with E-state index in [0.717, 1.165) is 0 Å². The molecule has 112 valence electrons. The summed E-state index contributed by atoms with van der Waals surface area (Å²) in [5.41, 5.74) is 7.21. The van der Waals surface area contributed by atoms with Gasteiger partial charge in [0.1, 0.15) is 0 Å². The van der Waals surface area contributed by atoms with E-state index in [2.05, 4.69) is 65.0 Å². The third-order valence-corrected chi connectivity index (χ3v) is 3.45. The molecule has 0 aliphatic carbocycles. The number of aryl methyl sites for hydroxylation is 3. The van der Waals surface area contributed by atoms with Crippen molar-refractivity contribution in [3.05, 3.63) is 58.1 Å². The minimum absolute atomic E-state index is 0.556. The molecule has 2 aromatic rings. The monoisotopic (exact) mass is 346 g/mol. The van der Waals surface area contributed by atoms with Crippen LogP contribution < -0.4 is 0 Å². The summed E-state index contributed by atoms with van der Waals surface area (Å²) in [6.07, 6.45) is 2.48. The summed E-state index contributed by atoms with van der Waals surface area (Å²) in [6, 6.07) is 10.8. The Morgan fingerprint density at radius 1 is 1.10 bits per heavy atom. The molecule has 2 aromatic carbocycles. The molecular weight excluding hydrogens is 323 g/mol. The summed E-state index contributed by atoms with van der Waals surface area (Å²) in [5.74, 6) is 0. The molecule has 0 spiro atoms. The van der Waals surface area contributed by atoms with Crippen molar-refractivity contribution in [1.29, 1.82) is 0 Å². The second kappa shape index (κ2) is 11.6. The number of hydrogen-bond donors (Lipinski definition) is 0. The van der Waals surface area contributed by atoms with Gasteiger partial charge < -0.3 is 0 Å². The first-order valence-corrected chi connectivity index (χ1v) is 11.1. The molecule has 3 heteroatoms. The van der Waals surface area contributed by atoms with Gasteiger partial charge in [0.2, 0.25) is 0 Å². The van der Waals surface area contributed by atoms with Gasteiger partial charge in [0.05, 0.1) is 0 Å². The number of halogens is 2. The molecule has 0 aromatic heterocycles. The van der Waals surface area contributed by atoms with E-state index in [1.807, 2.05) is 0 Å². The summed E-state index contributed by atoms with van der Waals surface area (Å²) in [7, 11) is 9.78. The van der Waals surface area contributed by atoms with Crippen LogP contribution in [-0.4, -0.2) is 0 Å². The molecule has 0 amide bonds. The van der Waals surface area contributed by atoms with Crippen LogP contribution in [0.5, 0.6) is 0 Å². The van der Waals surface area contributed by atoms with Crippen LogP contribution in [0.3, 0.4) is 0 Å². The van der Waals surface area contributed by atoms with Crippen molar-refractivity contribution in [1.82, 2.24) is 0 Å². The van der Waals surface area contributed by atoms with Gasteiger partial charge in [-0.3, -0.25) is 0 Å². The zero-order chi connectivity index (χ0) is 15.5. The van der Waals surface area contributed by atoms with Gasteiger partial charge in [-0.2, -0.15) is 46.0 Å². The van der Waals surface area contributed by atoms with E-state index in [4.69, 9.17) is 18.6 Å². The zero-order valence-electron chi connectivity index (χ0n) is 13.1. The Morgan fingerprint density at radius 2 is 1.60 bits per heavy atom. The predicted molar refractivity (Wildman–Crippen MR) is 88.7 cm³/mol. The Hall–Kier alpha value is -0.00571. The van der Waals surface area contributed by atoms with Crippen molar-refractivity contribution in [2.75, 3.05) is 0 Å². The molecule has 2 rings (SSSR count). The molecule has 0 radical (unpaired) electrons. The van der Waals surface area contributed by atoms with Crippen molar-refractivity contribution >= 4 is 18.6 Å². The molecule has 0 N–H and O–H groups in total. The maximum atomic E-state index is 4.89. The molecule has 20 heavy (non-hydrogen) atoms. The van der Waals surface area contributed by atoms with E-state index in [1.54, 1.807) is 0 Å². The van der Waals surface area contributed by atoms with E-state index in [9.17, 15) is 0 Å². The van der Waals surface area contributed by atoms with Gasteiger partial charge in [-0.1, -0.05) is 47.5 Å². The fourth-order valence-corrected chi connectivity index (χ4v) is 2.00. The normalized spacial score (nSPS) is 9.15. The third-order valence-electron chi connectivity index (χ3n) is 3.45. The van der Waals surface area contributed by atoms with Crippen LogP contribution in [0.1, 0.15) is 41.2 Å². The van der Waals surface area contributed by atoms with Crippen molar-refractivity contribution in [3.63, 3.8) is 0 Å². The van der Waals surface area contributed by atoms with Crippen LogP contribution in [0.25, 0.3) is 0 Å². The second-order valence-electron chi connectivity index (χ2n) is 4.87. The van der Waals surface area contributed by atoms with Crippen LogP contribution in [0.2, 0.25) is 0 Å². The van der Waals surface area contributed by atoms with E-state index in [-0.39, 0.29) is 0 Å². The fraction of sp³-hybridized carbons (Fsp3) is 0.412. The predicted octanol–water partition coefficient (Wildman–Crippen LogP) is 6.37. The van der Waals surface area contributed by atoms with Crippen LogP contribution in [-0.2, 0) is 23.5 Å². The molecule has 0 heterocycles.